The minimum Gasteiger partial charge on any atom is -0.254 e. The smallest absolute Gasteiger partial charge is 0.0967 e. The Kier molecular flexibility index (Phi) is 4.28. The van der Waals surface area contributed by atoms with E-state index < -0.39 is 10.8 Å². The molecule has 0 radical (unpaired) electrons. The molecule has 0 aliphatic heterocycles. The Morgan fingerprint density at radius 1 is 0.880 bits per heavy atom. The van der Waals surface area contributed by atoms with Gasteiger partial charge in [0.2, 0.25) is 0 Å². The SMILES string of the molecule is CCS(=O)c1ccccc1Cc1ccc2ccc3cccnc3c2n1. The summed E-state index contributed by atoms with van der Waals surface area (Å²) in [4.78, 5) is 10.3. The van der Waals surface area contributed by atoms with Crippen LogP contribution in [-0.4, -0.2) is 19.9 Å². The van der Waals surface area contributed by atoms with Gasteiger partial charge in [-0.2, -0.15) is 0 Å². The van der Waals surface area contributed by atoms with E-state index in [0.717, 1.165) is 38.0 Å². The van der Waals surface area contributed by atoms with E-state index in [2.05, 4.69) is 29.2 Å². The van der Waals surface area contributed by atoms with Crippen LogP contribution in [0.15, 0.2) is 71.8 Å². The first kappa shape index (κ1) is 15.9. The summed E-state index contributed by atoms with van der Waals surface area (Å²) in [5.74, 6) is 0.622. The number of fused-ring (bicyclic) bond motifs is 3. The van der Waals surface area contributed by atoms with Crippen molar-refractivity contribution < 1.29 is 4.21 Å². The molecule has 0 aliphatic carbocycles. The molecular weight excluding hydrogens is 328 g/mol. The van der Waals surface area contributed by atoms with Gasteiger partial charge in [-0.05, 0) is 23.8 Å². The van der Waals surface area contributed by atoms with Crippen LogP contribution in [0.1, 0.15) is 18.2 Å². The van der Waals surface area contributed by atoms with Crippen molar-refractivity contribution >= 4 is 32.6 Å². The summed E-state index contributed by atoms with van der Waals surface area (Å²) < 4.78 is 12.3. The maximum Gasteiger partial charge on any atom is 0.0967 e. The maximum absolute atomic E-state index is 12.3. The van der Waals surface area contributed by atoms with E-state index in [0.29, 0.717) is 12.2 Å². The second-order valence-corrected chi connectivity index (χ2v) is 7.64. The molecule has 1 unspecified atom stereocenters. The van der Waals surface area contributed by atoms with Crippen molar-refractivity contribution in [2.75, 3.05) is 5.75 Å². The van der Waals surface area contributed by atoms with Crippen LogP contribution in [0.3, 0.4) is 0 Å². The Morgan fingerprint density at radius 3 is 2.48 bits per heavy atom. The van der Waals surface area contributed by atoms with E-state index in [1.165, 1.54) is 0 Å². The number of hydrogen-bond donors (Lipinski definition) is 0. The molecule has 4 rings (SSSR count). The van der Waals surface area contributed by atoms with Gasteiger partial charge in [0.1, 0.15) is 0 Å². The lowest BCUT2D eigenvalue weighted by molar-refractivity contribution is 0.683. The topological polar surface area (TPSA) is 42.9 Å². The van der Waals surface area contributed by atoms with Crippen molar-refractivity contribution in [2.45, 2.75) is 18.2 Å². The normalized spacial score (nSPS) is 12.5. The number of rotatable bonds is 4. The average molecular weight is 346 g/mol. The molecule has 0 amide bonds. The molecule has 0 N–H and O–H groups in total. The monoisotopic (exact) mass is 346 g/mol. The lowest BCUT2D eigenvalue weighted by Gasteiger charge is -2.09. The predicted octanol–water partition coefficient (Wildman–Crippen LogP) is 4.50. The van der Waals surface area contributed by atoms with Crippen molar-refractivity contribution in [2.24, 2.45) is 0 Å². The largest absolute Gasteiger partial charge is 0.254 e. The summed E-state index contributed by atoms with van der Waals surface area (Å²) in [6, 6.07) is 20.2. The van der Waals surface area contributed by atoms with Crippen molar-refractivity contribution in [3.63, 3.8) is 0 Å². The number of hydrogen-bond acceptors (Lipinski definition) is 3. The van der Waals surface area contributed by atoms with Crippen LogP contribution in [0.25, 0.3) is 21.8 Å². The number of benzene rings is 2. The molecule has 2 aromatic heterocycles. The van der Waals surface area contributed by atoms with Crippen LogP contribution in [0.4, 0.5) is 0 Å². The first-order valence-electron chi connectivity index (χ1n) is 8.36. The molecule has 0 saturated heterocycles. The molecule has 2 aromatic carbocycles. The van der Waals surface area contributed by atoms with Crippen molar-refractivity contribution in [1.82, 2.24) is 9.97 Å². The quantitative estimate of drug-likeness (QED) is 0.511. The summed E-state index contributed by atoms with van der Waals surface area (Å²) in [6.45, 7) is 1.94. The predicted molar refractivity (Wildman–Crippen MR) is 103 cm³/mol. The van der Waals surface area contributed by atoms with E-state index in [1.54, 1.807) is 6.20 Å². The van der Waals surface area contributed by atoms with E-state index in [9.17, 15) is 4.21 Å². The van der Waals surface area contributed by atoms with Gasteiger partial charge in [0.25, 0.3) is 0 Å². The zero-order valence-electron chi connectivity index (χ0n) is 14.0. The third-order valence-corrected chi connectivity index (χ3v) is 5.75. The summed E-state index contributed by atoms with van der Waals surface area (Å²) in [5, 5.41) is 2.17. The van der Waals surface area contributed by atoms with Crippen LogP contribution in [0.2, 0.25) is 0 Å². The van der Waals surface area contributed by atoms with Gasteiger partial charge in [0.15, 0.2) is 0 Å². The average Bonchev–Trinajstić information content (AvgIpc) is 2.67. The number of nitrogens with zero attached hydrogens (tertiary/aromatic N) is 2. The zero-order valence-corrected chi connectivity index (χ0v) is 14.8. The Bertz CT molecular complexity index is 1090. The van der Waals surface area contributed by atoms with E-state index >= 15 is 0 Å². The van der Waals surface area contributed by atoms with Crippen LogP contribution in [0, 0.1) is 0 Å². The summed E-state index contributed by atoms with van der Waals surface area (Å²) in [6.07, 6.45) is 2.47. The first-order chi connectivity index (χ1) is 12.3. The van der Waals surface area contributed by atoms with Gasteiger partial charge >= 0.3 is 0 Å². The molecule has 0 aliphatic rings. The van der Waals surface area contributed by atoms with Gasteiger partial charge in [0.05, 0.1) is 21.8 Å². The fourth-order valence-corrected chi connectivity index (χ4v) is 4.06. The highest BCUT2D eigenvalue weighted by Crippen LogP contribution is 2.24. The second kappa shape index (κ2) is 6.73. The molecule has 3 nitrogen and oxygen atoms in total. The molecule has 2 heterocycles. The maximum atomic E-state index is 12.3. The van der Waals surface area contributed by atoms with Gasteiger partial charge in [0, 0.05) is 39.7 Å². The highest BCUT2D eigenvalue weighted by Gasteiger charge is 2.10. The molecule has 0 spiro atoms. The fourth-order valence-electron chi connectivity index (χ4n) is 3.09. The highest BCUT2D eigenvalue weighted by molar-refractivity contribution is 7.85. The van der Waals surface area contributed by atoms with Crippen LogP contribution >= 0.6 is 0 Å². The van der Waals surface area contributed by atoms with Gasteiger partial charge in [-0.1, -0.05) is 49.4 Å². The Hall–Kier alpha value is -2.59. The molecule has 1 atom stereocenters. The summed E-state index contributed by atoms with van der Waals surface area (Å²) in [5.41, 5.74) is 3.88. The summed E-state index contributed by atoms with van der Waals surface area (Å²) >= 11 is 0. The van der Waals surface area contributed by atoms with Crippen LogP contribution in [-0.2, 0) is 17.2 Å². The molecule has 0 fully saturated rings. The highest BCUT2D eigenvalue weighted by atomic mass is 32.2. The van der Waals surface area contributed by atoms with Crippen molar-refractivity contribution in [1.29, 1.82) is 0 Å². The minimum atomic E-state index is -0.965. The molecule has 0 bridgehead atoms. The van der Waals surface area contributed by atoms with E-state index in [1.807, 2.05) is 43.3 Å². The lowest BCUT2D eigenvalue weighted by atomic mass is 10.1. The van der Waals surface area contributed by atoms with Crippen molar-refractivity contribution in [3.05, 3.63) is 78.1 Å². The van der Waals surface area contributed by atoms with Gasteiger partial charge in [-0.25, -0.2) is 0 Å². The molecule has 4 heteroatoms. The Labute approximate surface area is 149 Å². The fraction of sp³-hybridized carbons (Fsp3) is 0.143. The Balaban J connectivity index is 1.81. The molecule has 25 heavy (non-hydrogen) atoms. The first-order valence-corrected chi connectivity index (χ1v) is 9.68. The van der Waals surface area contributed by atoms with Crippen molar-refractivity contribution in [3.8, 4) is 0 Å². The lowest BCUT2D eigenvalue weighted by Crippen LogP contribution is -2.01. The standard InChI is InChI=1S/C21H18N2OS/c1-2-25(24)19-8-4-3-6-17(19)14-18-12-11-16-10-9-15-7-5-13-22-20(15)21(16)23-18/h3-13H,2,14H2,1H3. The molecule has 4 aromatic rings. The second-order valence-electron chi connectivity index (χ2n) is 5.93. The van der Waals surface area contributed by atoms with Gasteiger partial charge in [-0.15, -0.1) is 0 Å². The van der Waals surface area contributed by atoms with E-state index in [-0.39, 0.29) is 0 Å². The number of aromatic nitrogens is 2. The molecule has 124 valence electrons. The third-order valence-electron chi connectivity index (χ3n) is 4.34. The zero-order chi connectivity index (χ0) is 17.2. The minimum absolute atomic E-state index is 0.622. The Morgan fingerprint density at radius 2 is 1.64 bits per heavy atom. The third kappa shape index (κ3) is 3.05. The van der Waals surface area contributed by atoms with Crippen LogP contribution in [0.5, 0.6) is 0 Å². The van der Waals surface area contributed by atoms with E-state index in [4.69, 9.17) is 4.98 Å². The molecular formula is C21H18N2OS. The summed E-state index contributed by atoms with van der Waals surface area (Å²) in [7, 11) is -0.965. The van der Waals surface area contributed by atoms with Gasteiger partial charge in [-0.3, -0.25) is 14.2 Å². The van der Waals surface area contributed by atoms with Crippen LogP contribution < -0.4 is 0 Å². The number of pyridine rings is 2. The van der Waals surface area contributed by atoms with Gasteiger partial charge < -0.3 is 0 Å². The molecule has 0 saturated carbocycles.